The molecule has 20 heavy (non-hydrogen) atoms. The van der Waals surface area contributed by atoms with E-state index in [0.717, 1.165) is 25.0 Å². The number of aliphatic carboxylic acids is 1. The van der Waals surface area contributed by atoms with Gasteiger partial charge >= 0.3 is 5.97 Å². The highest BCUT2D eigenvalue weighted by Crippen LogP contribution is 2.37. The first-order valence-electron chi connectivity index (χ1n) is 7.66. The summed E-state index contributed by atoms with van der Waals surface area (Å²) < 4.78 is 0. The minimum atomic E-state index is -0.819. The summed E-state index contributed by atoms with van der Waals surface area (Å²) in [6, 6.07) is 0.247. The highest BCUT2D eigenvalue weighted by Gasteiger charge is 2.42. The first-order valence-corrected chi connectivity index (χ1v) is 8.70. The van der Waals surface area contributed by atoms with E-state index < -0.39 is 11.9 Å². The van der Waals surface area contributed by atoms with E-state index in [-0.39, 0.29) is 17.9 Å². The summed E-state index contributed by atoms with van der Waals surface area (Å²) in [7, 11) is 0. The molecule has 2 fully saturated rings. The Labute approximate surface area is 125 Å². The lowest BCUT2D eigenvalue weighted by molar-refractivity contribution is -0.146. The maximum atomic E-state index is 12.3. The lowest BCUT2D eigenvalue weighted by Crippen LogP contribution is -2.40. The standard InChI is InChI=1S/C15H25NO3S/c1-3-20-11-5-4-10(8-11)16-14(17)12-6-9(2)7-13(12)15(18)19/h9-13H,3-8H2,1-2H3,(H,16,17)(H,18,19). The summed E-state index contributed by atoms with van der Waals surface area (Å²) in [5.74, 6) is -0.229. The van der Waals surface area contributed by atoms with Crippen LogP contribution >= 0.6 is 11.8 Å². The van der Waals surface area contributed by atoms with Gasteiger partial charge in [0, 0.05) is 11.3 Å². The largest absolute Gasteiger partial charge is 0.481 e. The van der Waals surface area contributed by atoms with Gasteiger partial charge in [0.05, 0.1) is 11.8 Å². The molecule has 0 aromatic rings. The smallest absolute Gasteiger partial charge is 0.307 e. The van der Waals surface area contributed by atoms with Crippen molar-refractivity contribution in [2.45, 2.75) is 57.2 Å². The molecule has 2 rings (SSSR count). The zero-order chi connectivity index (χ0) is 14.7. The molecule has 0 aliphatic heterocycles. The van der Waals surface area contributed by atoms with Crippen molar-refractivity contribution in [3.8, 4) is 0 Å². The van der Waals surface area contributed by atoms with Crippen LogP contribution in [0.4, 0.5) is 0 Å². The topological polar surface area (TPSA) is 66.4 Å². The molecule has 1 amide bonds. The van der Waals surface area contributed by atoms with E-state index in [0.29, 0.717) is 24.0 Å². The SMILES string of the molecule is CCSC1CCC(NC(=O)C2CC(C)CC2C(=O)O)C1. The van der Waals surface area contributed by atoms with Gasteiger partial charge in [0.2, 0.25) is 5.91 Å². The molecular formula is C15H25NO3S. The summed E-state index contributed by atoms with van der Waals surface area (Å²) in [5, 5.41) is 13.0. The molecule has 4 nitrogen and oxygen atoms in total. The lowest BCUT2D eigenvalue weighted by Gasteiger charge is -2.19. The molecule has 0 aromatic carbocycles. The van der Waals surface area contributed by atoms with Gasteiger partial charge in [0.1, 0.15) is 0 Å². The Kier molecular flexibility index (Phi) is 5.35. The van der Waals surface area contributed by atoms with Crippen LogP contribution in [0.15, 0.2) is 0 Å². The van der Waals surface area contributed by atoms with Crippen LogP contribution in [-0.4, -0.2) is 34.0 Å². The van der Waals surface area contributed by atoms with Crippen LogP contribution in [0.5, 0.6) is 0 Å². The van der Waals surface area contributed by atoms with E-state index in [2.05, 4.69) is 12.2 Å². The number of carboxylic acids is 1. The number of hydrogen-bond acceptors (Lipinski definition) is 3. The third kappa shape index (κ3) is 3.68. The zero-order valence-electron chi connectivity index (χ0n) is 12.3. The Bertz CT molecular complexity index is 374. The molecule has 2 N–H and O–H groups in total. The van der Waals surface area contributed by atoms with E-state index in [1.165, 1.54) is 0 Å². The monoisotopic (exact) mass is 299 g/mol. The van der Waals surface area contributed by atoms with Crippen LogP contribution in [0.3, 0.4) is 0 Å². The highest BCUT2D eigenvalue weighted by molar-refractivity contribution is 7.99. The average Bonchev–Trinajstić information content (AvgIpc) is 2.96. The minimum absolute atomic E-state index is 0.0334. The predicted octanol–water partition coefficient (Wildman–Crippen LogP) is 2.52. The summed E-state index contributed by atoms with van der Waals surface area (Å²) in [6.45, 7) is 4.20. The Morgan fingerprint density at radius 3 is 2.55 bits per heavy atom. The zero-order valence-corrected chi connectivity index (χ0v) is 13.1. The van der Waals surface area contributed by atoms with E-state index in [4.69, 9.17) is 0 Å². The molecule has 0 bridgehead atoms. The van der Waals surface area contributed by atoms with Gasteiger partial charge in [-0.3, -0.25) is 9.59 Å². The second-order valence-electron chi connectivity index (χ2n) is 6.22. The molecule has 2 saturated carbocycles. The summed E-state index contributed by atoms with van der Waals surface area (Å²) in [6.07, 6.45) is 4.57. The molecule has 0 heterocycles. The summed E-state index contributed by atoms with van der Waals surface area (Å²) in [4.78, 5) is 23.6. The number of hydrogen-bond donors (Lipinski definition) is 2. The number of carbonyl (C=O) groups excluding carboxylic acids is 1. The number of carbonyl (C=O) groups is 2. The molecule has 0 radical (unpaired) electrons. The second kappa shape index (κ2) is 6.83. The van der Waals surface area contributed by atoms with Crippen molar-refractivity contribution in [3.05, 3.63) is 0 Å². The fourth-order valence-electron chi connectivity index (χ4n) is 3.62. The van der Waals surface area contributed by atoms with E-state index in [1.54, 1.807) is 0 Å². The normalized spacial score (nSPS) is 37.0. The number of nitrogens with one attached hydrogen (secondary N) is 1. The fraction of sp³-hybridized carbons (Fsp3) is 0.867. The van der Waals surface area contributed by atoms with Crippen LogP contribution in [0.25, 0.3) is 0 Å². The number of amides is 1. The Balaban J connectivity index is 1.87. The van der Waals surface area contributed by atoms with Crippen molar-refractivity contribution in [1.29, 1.82) is 0 Å². The minimum Gasteiger partial charge on any atom is -0.481 e. The third-order valence-corrected chi connectivity index (χ3v) is 5.82. The van der Waals surface area contributed by atoms with Gasteiger partial charge in [-0.05, 0) is 43.8 Å². The van der Waals surface area contributed by atoms with Gasteiger partial charge in [-0.15, -0.1) is 0 Å². The molecule has 0 aromatic heterocycles. The Hall–Kier alpha value is -0.710. The van der Waals surface area contributed by atoms with E-state index >= 15 is 0 Å². The molecule has 5 unspecified atom stereocenters. The molecule has 114 valence electrons. The maximum absolute atomic E-state index is 12.3. The molecule has 0 saturated heterocycles. The van der Waals surface area contributed by atoms with Crippen LogP contribution < -0.4 is 5.32 Å². The number of thioether (sulfide) groups is 1. The summed E-state index contributed by atoms with van der Waals surface area (Å²) >= 11 is 1.96. The quantitative estimate of drug-likeness (QED) is 0.818. The summed E-state index contributed by atoms with van der Waals surface area (Å²) in [5.41, 5.74) is 0. The van der Waals surface area contributed by atoms with Crippen molar-refractivity contribution >= 4 is 23.6 Å². The Morgan fingerprint density at radius 2 is 1.90 bits per heavy atom. The van der Waals surface area contributed by atoms with Crippen molar-refractivity contribution < 1.29 is 14.7 Å². The Morgan fingerprint density at radius 1 is 1.20 bits per heavy atom. The first kappa shape index (κ1) is 15.7. The highest BCUT2D eigenvalue weighted by atomic mass is 32.2. The van der Waals surface area contributed by atoms with Gasteiger partial charge in [-0.2, -0.15) is 11.8 Å². The van der Waals surface area contributed by atoms with Gasteiger partial charge in [-0.1, -0.05) is 13.8 Å². The molecule has 2 aliphatic rings. The van der Waals surface area contributed by atoms with Crippen molar-refractivity contribution in [2.24, 2.45) is 17.8 Å². The maximum Gasteiger partial charge on any atom is 0.307 e. The molecule has 5 atom stereocenters. The fourth-order valence-corrected chi connectivity index (χ4v) is 4.76. The van der Waals surface area contributed by atoms with Crippen molar-refractivity contribution in [3.63, 3.8) is 0 Å². The van der Waals surface area contributed by atoms with Crippen LogP contribution in [0.1, 0.15) is 46.0 Å². The molecule has 5 heteroatoms. The average molecular weight is 299 g/mol. The van der Waals surface area contributed by atoms with E-state index in [9.17, 15) is 14.7 Å². The van der Waals surface area contributed by atoms with Crippen LogP contribution in [0, 0.1) is 17.8 Å². The van der Waals surface area contributed by atoms with Gasteiger partial charge in [0.25, 0.3) is 0 Å². The van der Waals surface area contributed by atoms with Crippen molar-refractivity contribution in [1.82, 2.24) is 5.32 Å². The number of rotatable bonds is 5. The van der Waals surface area contributed by atoms with E-state index in [1.807, 2.05) is 18.7 Å². The van der Waals surface area contributed by atoms with Gasteiger partial charge < -0.3 is 10.4 Å². The lowest BCUT2D eigenvalue weighted by atomic mass is 9.95. The number of carboxylic acid groups (broad SMARTS) is 1. The van der Waals surface area contributed by atoms with Gasteiger partial charge in [-0.25, -0.2) is 0 Å². The molecular weight excluding hydrogens is 274 g/mol. The second-order valence-corrected chi connectivity index (χ2v) is 7.80. The first-order chi connectivity index (χ1) is 9.51. The predicted molar refractivity (Wildman–Crippen MR) is 80.7 cm³/mol. The molecule has 2 aliphatic carbocycles. The van der Waals surface area contributed by atoms with Crippen LogP contribution in [-0.2, 0) is 9.59 Å². The van der Waals surface area contributed by atoms with Gasteiger partial charge in [0.15, 0.2) is 0 Å². The molecule has 0 spiro atoms. The van der Waals surface area contributed by atoms with Crippen LogP contribution in [0.2, 0.25) is 0 Å². The third-order valence-electron chi connectivity index (χ3n) is 4.59. The van der Waals surface area contributed by atoms with Crippen molar-refractivity contribution in [2.75, 3.05) is 5.75 Å².